The molecule has 4 heteroatoms. The van der Waals surface area contributed by atoms with Gasteiger partial charge in [-0.05, 0) is 6.92 Å². The largest absolute Gasteiger partial charge is 0.459 e. The summed E-state index contributed by atoms with van der Waals surface area (Å²) in [5.41, 5.74) is 0. The van der Waals surface area contributed by atoms with E-state index in [1.807, 2.05) is 0 Å². The van der Waals surface area contributed by atoms with Crippen molar-refractivity contribution < 1.29 is 14.3 Å². The number of rotatable bonds is 4. The molecule has 0 aromatic rings. The zero-order valence-electron chi connectivity index (χ0n) is 6.66. The fourth-order valence-electron chi connectivity index (χ4n) is 0.599. The van der Waals surface area contributed by atoms with Crippen molar-refractivity contribution in [3.05, 3.63) is 0 Å². The third-order valence-electron chi connectivity index (χ3n) is 0.957. The highest BCUT2D eigenvalue weighted by Crippen LogP contribution is 1.93. The van der Waals surface area contributed by atoms with Crippen LogP contribution in [0.1, 0.15) is 13.3 Å². The van der Waals surface area contributed by atoms with E-state index in [2.05, 4.69) is 0 Å². The normalized spacial score (nSPS) is 11.7. The molecule has 0 aromatic carbocycles. The van der Waals surface area contributed by atoms with Gasteiger partial charge in [0.2, 0.25) is 0 Å². The van der Waals surface area contributed by atoms with Crippen molar-refractivity contribution in [2.24, 2.45) is 0 Å². The molecule has 0 radical (unpaired) electrons. The summed E-state index contributed by atoms with van der Waals surface area (Å²) in [4.78, 5) is 10.6. The third kappa shape index (κ3) is 5.37. The van der Waals surface area contributed by atoms with Gasteiger partial charge in [0.05, 0.1) is 12.7 Å². The van der Waals surface area contributed by atoms with Gasteiger partial charge < -0.3 is 9.47 Å². The first-order valence-corrected chi connectivity index (χ1v) is 3.26. The van der Waals surface area contributed by atoms with Gasteiger partial charge in [0.25, 0.3) is 0 Å². The van der Waals surface area contributed by atoms with Crippen molar-refractivity contribution in [3.63, 3.8) is 0 Å². The second-order valence-corrected chi connectivity index (χ2v) is 2.09. The summed E-state index contributed by atoms with van der Waals surface area (Å²) in [6.07, 6.45) is -0.477. The Bertz CT molecular complexity index is 162. The molecule has 62 valence electrons. The molecule has 0 aromatic heterocycles. The Morgan fingerprint density at radius 1 is 1.73 bits per heavy atom. The Balaban J connectivity index is 3.50. The van der Waals surface area contributed by atoms with E-state index in [1.54, 1.807) is 13.0 Å². The Kier molecular flexibility index (Phi) is 5.13. The average Bonchev–Trinajstić information content (AvgIpc) is 1.87. The predicted octanol–water partition coefficient (Wildman–Crippen LogP) is 0.478. The molecule has 0 rings (SSSR count). The Hall–Kier alpha value is -1.08. The minimum absolute atomic E-state index is 0.200. The van der Waals surface area contributed by atoms with Crippen LogP contribution in [0.2, 0.25) is 0 Å². The first-order valence-electron chi connectivity index (χ1n) is 3.26. The smallest absolute Gasteiger partial charge is 0.320 e. The maximum absolute atomic E-state index is 10.6. The highest BCUT2D eigenvalue weighted by Gasteiger charge is 2.07. The van der Waals surface area contributed by atoms with Gasteiger partial charge in [0, 0.05) is 7.11 Å². The van der Waals surface area contributed by atoms with Crippen molar-refractivity contribution in [2.75, 3.05) is 13.7 Å². The number of hydrogen-bond donors (Lipinski definition) is 0. The molecule has 4 nitrogen and oxygen atoms in total. The first-order chi connectivity index (χ1) is 5.20. The van der Waals surface area contributed by atoms with Crippen LogP contribution < -0.4 is 0 Å². The Labute approximate surface area is 65.7 Å². The first kappa shape index (κ1) is 9.92. The molecule has 0 aliphatic heterocycles. The summed E-state index contributed by atoms with van der Waals surface area (Å²) in [6.45, 7) is 2.07. The van der Waals surface area contributed by atoms with Gasteiger partial charge in [0.1, 0.15) is 12.5 Å². The fraction of sp³-hybridized carbons (Fsp3) is 0.714. The zero-order valence-corrected chi connectivity index (χ0v) is 6.66. The Morgan fingerprint density at radius 3 is 2.82 bits per heavy atom. The van der Waals surface area contributed by atoms with Gasteiger partial charge in [0.15, 0.2) is 0 Å². The van der Waals surface area contributed by atoms with Crippen LogP contribution in [0.25, 0.3) is 0 Å². The van der Waals surface area contributed by atoms with Crippen LogP contribution in [0.15, 0.2) is 0 Å². The number of carbonyl (C=O) groups excluding carboxylic acids is 1. The van der Waals surface area contributed by atoms with E-state index >= 15 is 0 Å². The van der Waals surface area contributed by atoms with Crippen molar-refractivity contribution in [1.29, 1.82) is 5.26 Å². The molecule has 11 heavy (non-hydrogen) atoms. The van der Waals surface area contributed by atoms with Crippen LogP contribution in [-0.2, 0) is 14.3 Å². The molecule has 0 unspecified atom stereocenters. The molecule has 0 bridgehead atoms. The summed E-state index contributed by atoms with van der Waals surface area (Å²) in [5.74, 6) is -0.503. The molecule has 0 saturated carbocycles. The van der Waals surface area contributed by atoms with Gasteiger partial charge in [-0.1, -0.05) is 0 Å². The average molecular weight is 157 g/mol. The van der Waals surface area contributed by atoms with Crippen LogP contribution in [0.5, 0.6) is 0 Å². The van der Waals surface area contributed by atoms with E-state index in [4.69, 9.17) is 14.7 Å². The zero-order chi connectivity index (χ0) is 8.69. The van der Waals surface area contributed by atoms with Crippen LogP contribution in [-0.4, -0.2) is 25.8 Å². The molecule has 0 amide bonds. The van der Waals surface area contributed by atoms with E-state index in [-0.39, 0.29) is 12.5 Å². The van der Waals surface area contributed by atoms with Gasteiger partial charge >= 0.3 is 5.97 Å². The SMILES string of the molecule is COC[C@@H](C)OC(=O)CC#N. The molecule has 0 N–H and O–H groups in total. The standard InChI is InChI=1S/C7H11NO3/c1-6(5-10-2)11-7(9)3-4-8/h6H,3,5H2,1-2H3/t6-/m1/s1. The monoisotopic (exact) mass is 157 g/mol. The summed E-state index contributed by atoms with van der Waals surface area (Å²) < 4.78 is 9.47. The number of carbonyl (C=O) groups is 1. The van der Waals surface area contributed by atoms with Crippen molar-refractivity contribution in [1.82, 2.24) is 0 Å². The van der Waals surface area contributed by atoms with Crippen molar-refractivity contribution in [2.45, 2.75) is 19.4 Å². The van der Waals surface area contributed by atoms with Gasteiger partial charge in [-0.25, -0.2) is 0 Å². The second kappa shape index (κ2) is 5.69. The number of methoxy groups -OCH3 is 1. The molecular weight excluding hydrogens is 146 g/mol. The van der Waals surface area contributed by atoms with Crippen LogP contribution in [0.3, 0.4) is 0 Å². The van der Waals surface area contributed by atoms with Gasteiger partial charge in [-0.15, -0.1) is 0 Å². The highest BCUT2D eigenvalue weighted by atomic mass is 16.6. The number of nitrogens with zero attached hydrogens (tertiary/aromatic N) is 1. The summed E-state index contributed by atoms with van der Waals surface area (Å²) in [6, 6.07) is 1.70. The number of nitriles is 1. The second-order valence-electron chi connectivity index (χ2n) is 2.09. The van der Waals surface area contributed by atoms with E-state index in [9.17, 15) is 4.79 Å². The number of hydrogen-bond acceptors (Lipinski definition) is 4. The highest BCUT2D eigenvalue weighted by molar-refractivity contribution is 5.71. The minimum Gasteiger partial charge on any atom is -0.459 e. The lowest BCUT2D eigenvalue weighted by Crippen LogP contribution is -2.18. The summed E-state index contributed by atoms with van der Waals surface area (Å²) in [5, 5.41) is 8.10. The van der Waals surface area contributed by atoms with Crippen LogP contribution in [0.4, 0.5) is 0 Å². The molecule has 0 aliphatic carbocycles. The third-order valence-corrected chi connectivity index (χ3v) is 0.957. The number of esters is 1. The molecule has 0 saturated heterocycles. The molecule has 0 fully saturated rings. The summed E-state index contributed by atoms with van der Waals surface area (Å²) >= 11 is 0. The lowest BCUT2D eigenvalue weighted by molar-refractivity contribution is -0.149. The maximum atomic E-state index is 10.6. The van der Waals surface area contributed by atoms with Crippen molar-refractivity contribution in [3.8, 4) is 6.07 Å². The number of ether oxygens (including phenoxy) is 2. The van der Waals surface area contributed by atoms with E-state index in [1.165, 1.54) is 7.11 Å². The molecule has 1 atom stereocenters. The minimum atomic E-state index is -0.503. The van der Waals surface area contributed by atoms with E-state index < -0.39 is 5.97 Å². The lowest BCUT2D eigenvalue weighted by Gasteiger charge is -2.09. The molecule has 0 heterocycles. The predicted molar refractivity (Wildman–Crippen MR) is 37.7 cm³/mol. The topological polar surface area (TPSA) is 59.3 Å². The van der Waals surface area contributed by atoms with E-state index in [0.29, 0.717) is 6.61 Å². The van der Waals surface area contributed by atoms with E-state index in [0.717, 1.165) is 0 Å². The lowest BCUT2D eigenvalue weighted by atomic mass is 10.4. The van der Waals surface area contributed by atoms with Crippen LogP contribution in [0, 0.1) is 11.3 Å². The molecule has 0 spiro atoms. The quantitative estimate of drug-likeness (QED) is 0.557. The maximum Gasteiger partial charge on any atom is 0.320 e. The summed E-state index contributed by atoms with van der Waals surface area (Å²) in [7, 11) is 1.52. The Morgan fingerprint density at radius 2 is 2.36 bits per heavy atom. The van der Waals surface area contributed by atoms with Gasteiger partial charge in [-0.2, -0.15) is 5.26 Å². The van der Waals surface area contributed by atoms with Gasteiger partial charge in [-0.3, -0.25) is 4.79 Å². The van der Waals surface area contributed by atoms with Crippen molar-refractivity contribution >= 4 is 5.97 Å². The molecular formula is C7H11NO3. The fourth-order valence-corrected chi connectivity index (χ4v) is 0.599. The molecule has 0 aliphatic rings. The van der Waals surface area contributed by atoms with Crippen LogP contribution >= 0.6 is 0 Å².